The number of nitrogens with two attached hydrogens (primary N) is 2. The molecule has 2 aromatic heterocycles. The standard InChI is InChI=1S/C66H64N4O3S2.2C2H5NO2/c1-7-46-13-25-54(26-14-46)69-62-33-19-49(40-58(62)59-41-51(22-34-63(59)69)44(5)67-72-9-3)39-48-17-29-56(30-18-48)74-37-11-12-38-75-57-31-20-50(21-32-57)66(71)53-24-36-65-61(43-53)60-42-52(45(6)68-73-10-4)23-35-64(60)70(65)55-27-15-47(8-2)16-28-55;2*1-2(4)5-3/h13-36,40-43H,7-12,37-39H2,1-6H3;2*3H2,1H3/b67-44-,68-45+;;. The summed E-state index contributed by atoms with van der Waals surface area (Å²) in [6.45, 7) is 15.7. The molecule has 0 atom stereocenters. The van der Waals surface area contributed by atoms with Crippen LogP contribution in [0, 0.1) is 0 Å². The molecule has 0 spiro atoms. The molecule has 438 valence electrons. The van der Waals surface area contributed by atoms with Crippen molar-refractivity contribution < 1.29 is 33.7 Å². The minimum atomic E-state index is -0.468. The van der Waals surface area contributed by atoms with Crippen LogP contribution in [0.5, 0.6) is 0 Å². The summed E-state index contributed by atoms with van der Waals surface area (Å²) >= 11 is 3.78. The Bertz CT molecular complexity index is 3970. The fraction of sp³-hybridized carbons (Fsp3) is 0.243. The van der Waals surface area contributed by atoms with E-state index in [1.54, 1.807) is 0 Å². The number of ketones is 1. The van der Waals surface area contributed by atoms with E-state index in [-0.39, 0.29) is 5.78 Å². The highest BCUT2D eigenvalue weighted by atomic mass is 32.2. The van der Waals surface area contributed by atoms with Gasteiger partial charge in [0.2, 0.25) is 0 Å². The molecule has 10 aromatic rings. The molecule has 0 saturated carbocycles. The van der Waals surface area contributed by atoms with Gasteiger partial charge in [-0.25, -0.2) is 0 Å². The van der Waals surface area contributed by atoms with Crippen molar-refractivity contribution in [3.05, 3.63) is 214 Å². The van der Waals surface area contributed by atoms with Gasteiger partial charge < -0.3 is 28.5 Å². The number of hydrogen-bond acceptors (Lipinski definition) is 13. The highest BCUT2D eigenvalue weighted by molar-refractivity contribution is 7.99. The minimum absolute atomic E-state index is 0.0153. The number of thioether (sulfide) groups is 2. The Morgan fingerprint density at radius 1 is 0.424 bits per heavy atom. The summed E-state index contributed by atoms with van der Waals surface area (Å²) in [5.41, 5.74) is 17.0. The SMILES string of the molecule is CC(=O)ON.CC(=O)ON.CCO/N=C(/C)c1ccc2c(c1)c1cc(Cc3ccc(SCCCCSc4ccc(C(=O)c5ccc6c(c5)c5cc(/C(C)=N/OCC)ccc5n6-c5ccc(CC)cc5)cc4)cc3)ccc1n2-c1ccc(CC)cc1. The first-order valence-electron chi connectivity index (χ1n) is 28.7. The van der Waals surface area contributed by atoms with E-state index in [0.717, 1.165) is 99.3 Å². The van der Waals surface area contributed by atoms with Crippen molar-refractivity contribution in [2.45, 2.75) is 97.3 Å². The Hall–Kier alpha value is -8.47. The number of aromatic nitrogens is 2. The van der Waals surface area contributed by atoms with Gasteiger partial charge in [-0.05, 0) is 220 Å². The number of unbranched alkanes of at least 4 members (excludes halogenated alkanes) is 1. The molecule has 2 heterocycles. The molecule has 0 saturated heterocycles. The zero-order chi connectivity index (χ0) is 60.4. The number of aryl methyl sites for hydroxylation is 2. The van der Waals surface area contributed by atoms with E-state index in [4.69, 9.17) is 9.68 Å². The lowest BCUT2D eigenvalue weighted by Crippen LogP contribution is -2.03. The molecule has 0 fully saturated rings. The van der Waals surface area contributed by atoms with Gasteiger partial charge in [-0.3, -0.25) is 14.4 Å². The van der Waals surface area contributed by atoms with Crippen LogP contribution in [0.4, 0.5) is 0 Å². The molecule has 0 aliphatic heterocycles. The molecule has 0 bridgehead atoms. The molecule has 85 heavy (non-hydrogen) atoms. The lowest BCUT2D eigenvalue weighted by Gasteiger charge is -2.10. The number of nitrogens with zero attached hydrogens (tertiary/aromatic N) is 4. The Labute approximate surface area is 506 Å². The molecule has 15 heteroatoms. The normalized spacial score (nSPS) is 11.5. The van der Waals surface area contributed by atoms with Crippen LogP contribution >= 0.6 is 23.5 Å². The maximum Gasteiger partial charge on any atom is 0.321 e. The van der Waals surface area contributed by atoms with Crippen molar-refractivity contribution in [3.63, 3.8) is 0 Å². The summed E-state index contributed by atoms with van der Waals surface area (Å²) in [5.74, 6) is 9.82. The van der Waals surface area contributed by atoms with E-state index in [1.807, 2.05) is 69.4 Å². The Kier molecular flexibility index (Phi) is 22.4. The summed E-state index contributed by atoms with van der Waals surface area (Å²) in [4.78, 5) is 53.5. The van der Waals surface area contributed by atoms with E-state index in [2.05, 4.69) is 206 Å². The molecule has 0 aliphatic carbocycles. The van der Waals surface area contributed by atoms with Crippen LogP contribution < -0.4 is 11.8 Å². The summed E-state index contributed by atoms with van der Waals surface area (Å²) in [7, 11) is 0. The monoisotopic (exact) mass is 1170 g/mol. The fourth-order valence-electron chi connectivity index (χ4n) is 9.93. The molecule has 13 nitrogen and oxygen atoms in total. The topological polar surface area (TPSA) is 175 Å². The lowest BCUT2D eigenvalue weighted by atomic mass is 10.0. The lowest BCUT2D eigenvalue weighted by molar-refractivity contribution is -0.142. The van der Waals surface area contributed by atoms with Crippen LogP contribution in [-0.4, -0.2) is 63.0 Å². The second kappa shape index (κ2) is 30.4. The molecule has 0 unspecified atom stereocenters. The van der Waals surface area contributed by atoms with Crippen molar-refractivity contribution in [2.24, 2.45) is 22.1 Å². The van der Waals surface area contributed by atoms with Crippen molar-refractivity contribution >= 4 is 96.3 Å². The zero-order valence-electron chi connectivity index (χ0n) is 49.6. The van der Waals surface area contributed by atoms with E-state index >= 15 is 0 Å². The quantitative estimate of drug-likeness (QED) is 0.0230. The van der Waals surface area contributed by atoms with Crippen molar-refractivity contribution in [3.8, 4) is 11.4 Å². The molecule has 4 N–H and O–H groups in total. The van der Waals surface area contributed by atoms with Gasteiger partial charge in [0.25, 0.3) is 0 Å². The van der Waals surface area contributed by atoms with E-state index in [9.17, 15) is 14.4 Å². The largest absolute Gasteiger partial charge is 0.396 e. The van der Waals surface area contributed by atoms with Gasteiger partial charge in [-0.15, -0.1) is 23.5 Å². The van der Waals surface area contributed by atoms with Gasteiger partial charge in [-0.2, -0.15) is 11.8 Å². The van der Waals surface area contributed by atoms with Crippen molar-refractivity contribution in [1.82, 2.24) is 9.13 Å². The molecule has 10 rings (SSSR count). The van der Waals surface area contributed by atoms with Gasteiger partial charge in [-0.1, -0.05) is 78.8 Å². The summed E-state index contributed by atoms with van der Waals surface area (Å²) in [5, 5.41) is 13.2. The maximum absolute atomic E-state index is 14.1. The van der Waals surface area contributed by atoms with Crippen LogP contribution in [0.15, 0.2) is 190 Å². The zero-order valence-corrected chi connectivity index (χ0v) is 51.3. The van der Waals surface area contributed by atoms with Gasteiger partial charge in [0.1, 0.15) is 13.2 Å². The van der Waals surface area contributed by atoms with Crippen molar-refractivity contribution in [1.29, 1.82) is 0 Å². The number of benzene rings is 8. The van der Waals surface area contributed by atoms with Gasteiger partial charge in [0, 0.05) is 67.7 Å². The summed E-state index contributed by atoms with van der Waals surface area (Å²) in [6, 6.07) is 61.0. The number of rotatable bonds is 21. The number of fused-ring (bicyclic) bond motifs is 6. The third-order valence-electron chi connectivity index (χ3n) is 14.4. The molecule has 8 aromatic carbocycles. The molecule has 0 radical (unpaired) electrons. The van der Waals surface area contributed by atoms with Crippen LogP contribution in [-0.2, 0) is 48.2 Å². The predicted molar refractivity (Wildman–Crippen MR) is 350 cm³/mol. The van der Waals surface area contributed by atoms with E-state index in [1.165, 1.54) is 67.7 Å². The number of oxime groups is 2. The summed E-state index contributed by atoms with van der Waals surface area (Å²) in [6.07, 6.45) is 5.11. The minimum Gasteiger partial charge on any atom is -0.396 e. The number of carbonyl (C=O) groups is 3. The fourth-order valence-corrected chi connectivity index (χ4v) is 11.8. The third kappa shape index (κ3) is 15.8. The van der Waals surface area contributed by atoms with Crippen LogP contribution in [0.1, 0.15) is 118 Å². The molecular formula is C70H74N6O7S2. The third-order valence-corrected chi connectivity index (χ3v) is 16.6. The van der Waals surface area contributed by atoms with Crippen LogP contribution in [0.3, 0.4) is 0 Å². The van der Waals surface area contributed by atoms with Crippen molar-refractivity contribution in [2.75, 3.05) is 24.7 Å². The first kappa shape index (κ1) is 62.6. The van der Waals surface area contributed by atoms with Gasteiger partial charge in [0.15, 0.2) is 5.78 Å². The second-order valence-corrected chi connectivity index (χ2v) is 22.6. The highest BCUT2D eigenvalue weighted by Crippen LogP contribution is 2.37. The molecule has 0 aliphatic rings. The first-order chi connectivity index (χ1) is 41.3. The van der Waals surface area contributed by atoms with Crippen LogP contribution in [0.2, 0.25) is 0 Å². The Balaban J connectivity index is 0.000000869. The predicted octanol–water partition coefficient (Wildman–Crippen LogP) is 15.9. The summed E-state index contributed by atoms with van der Waals surface area (Å²) < 4.78 is 4.67. The van der Waals surface area contributed by atoms with E-state index in [0.29, 0.717) is 24.3 Å². The second-order valence-electron chi connectivity index (χ2n) is 20.2. The first-order valence-corrected chi connectivity index (χ1v) is 30.7. The van der Waals surface area contributed by atoms with Gasteiger partial charge >= 0.3 is 11.9 Å². The average Bonchev–Trinajstić information content (AvgIpc) is 2.72. The number of carbonyl (C=O) groups excluding carboxylic acids is 3. The Morgan fingerprint density at radius 3 is 1.16 bits per heavy atom. The van der Waals surface area contributed by atoms with Gasteiger partial charge in [0.05, 0.1) is 33.5 Å². The highest BCUT2D eigenvalue weighted by Gasteiger charge is 2.19. The Morgan fingerprint density at radius 2 is 0.765 bits per heavy atom. The smallest absolute Gasteiger partial charge is 0.321 e. The maximum atomic E-state index is 14.1. The number of hydrogen-bond donors (Lipinski definition) is 2. The average molecular weight is 1180 g/mol. The molecular weight excluding hydrogens is 1100 g/mol. The van der Waals surface area contributed by atoms with E-state index < -0.39 is 11.9 Å². The van der Waals surface area contributed by atoms with Crippen LogP contribution in [0.25, 0.3) is 55.0 Å². The molecule has 0 amide bonds.